The first-order valence-electron chi connectivity index (χ1n) is 8.82. The standard InChI is InChI=1S/C22H18N4/c1-2-26-21-9-10-22(26)14-20-8-6-18(25-20)12-16-4-3-15(23-16)11-17-5-7-19(13-21)24-17/h3-14,23H,2H2,1H3. The Kier molecular flexibility index (Phi) is 3.35. The van der Waals surface area contributed by atoms with Gasteiger partial charge in [-0.05, 0) is 79.8 Å². The quantitative estimate of drug-likeness (QED) is 0.459. The van der Waals surface area contributed by atoms with E-state index in [0.29, 0.717) is 0 Å². The van der Waals surface area contributed by atoms with Crippen LogP contribution in [0.3, 0.4) is 0 Å². The molecule has 0 atom stereocenters. The monoisotopic (exact) mass is 338 g/mol. The molecule has 0 saturated heterocycles. The number of hydrogen-bond donors (Lipinski definition) is 1. The van der Waals surface area contributed by atoms with Crippen molar-refractivity contribution in [2.24, 2.45) is 0 Å². The second-order valence-electron chi connectivity index (χ2n) is 6.46. The van der Waals surface area contributed by atoms with Gasteiger partial charge in [0.15, 0.2) is 0 Å². The number of H-pyrrole nitrogens is 1. The van der Waals surface area contributed by atoms with E-state index >= 15 is 0 Å². The summed E-state index contributed by atoms with van der Waals surface area (Å²) in [6, 6.07) is 16.8. The Morgan fingerprint density at radius 1 is 0.692 bits per heavy atom. The summed E-state index contributed by atoms with van der Waals surface area (Å²) in [5.74, 6) is 0. The molecule has 0 radical (unpaired) electrons. The Labute approximate surface area is 151 Å². The van der Waals surface area contributed by atoms with Gasteiger partial charge in [0.25, 0.3) is 0 Å². The van der Waals surface area contributed by atoms with Crippen LogP contribution in [0.4, 0.5) is 0 Å². The molecule has 0 fully saturated rings. The molecule has 0 aromatic carbocycles. The highest BCUT2D eigenvalue weighted by atomic mass is 15.0. The van der Waals surface area contributed by atoms with Gasteiger partial charge in [-0.2, -0.15) is 0 Å². The Balaban J connectivity index is 1.88. The number of nitrogens with one attached hydrogen (secondary N) is 1. The van der Waals surface area contributed by atoms with Gasteiger partial charge in [0.05, 0.1) is 22.8 Å². The number of aromatic amines is 1. The molecule has 0 spiro atoms. The van der Waals surface area contributed by atoms with E-state index in [1.54, 1.807) is 0 Å². The fraction of sp³-hybridized carbons (Fsp3) is 0.0909. The summed E-state index contributed by atoms with van der Waals surface area (Å²) < 4.78 is 2.28. The zero-order valence-electron chi connectivity index (χ0n) is 14.5. The van der Waals surface area contributed by atoms with E-state index < -0.39 is 0 Å². The van der Waals surface area contributed by atoms with E-state index in [4.69, 9.17) is 9.97 Å². The summed E-state index contributed by atoms with van der Waals surface area (Å²) in [6.07, 6.45) is 8.21. The van der Waals surface area contributed by atoms with Gasteiger partial charge < -0.3 is 9.55 Å². The molecule has 2 aliphatic heterocycles. The number of aromatic nitrogens is 4. The van der Waals surface area contributed by atoms with E-state index in [0.717, 1.165) is 51.4 Å². The SMILES string of the molecule is CCn1c2ccc1cc1nc(cc3ccc(cc4nc(c2)C=C4)[nH]3)C=C1. The summed E-state index contributed by atoms with van der Waals surface area (Å²) >= 11 is 0. The minimum absolute atomic E-state index is 0.897. The molecule has 4 heteroatoms. The molecule has 126 valence electrons. The molecule has 1 N–H and O–H groups in total. The van der Waals surface area contributed by atoms with Crippen LogP contribution in [0.25, 0.3) is 46.4 Å². The van der Waals surface area contributed by atoms with Crippen LogP contribution >= 0.6 is 0 Å². The van der Waals surface area contributed by atoms with Crippen molar-refractivity contribution >= 4 is 46.4 Å². The van der Waals surface area contributed by atoms with Gasteiger partial charge in [0.2, 0.25) is 0 Å². The highest BCUT2D eigenvalue weighted by Crippen LogP contribution is 2.19. The highest BCUT2D eigenvalue weighted by molar-refractivity contribution is 5.77. The van der Waals surface area contributed by atoms with Crippen molar-refractivity contribution in [2.45, 2.75) is 13.5 Å². The number of hydrogen-bond acceptors (Lipinski definition) is 2. The summed E-state index contributed by atoms with van der Waals surface area (Å²) in [6.45, 7) is 3.05. The average molecular weight is 338 g/mol. The third kappa shape index (κ3) is 2.65. The zero-order chi connectivity index (χ0) is 17.5. The summed E-state index contributed by atoms with van der Waals surface area (Å²) in [4.78, 5) is 12.8. The lowest BCUT2D eigenvalue weighted by atomic mass is 10.3. The second-order valence-corrected chi connectivity index (χ2v) is 6.46. The molecular formula is C22H18N4. The van der Waals surface area contributed by atoms with E-state index in [1.807, 2.05) is 12.2 Å². The maximum Gasteiger partial charge on any atom is 0.0658 e. The summed E-state index contributed by atoms with van der Waals surface area (Å²) in [7, 11) is 0. The topological polar surface area (TPSA) is 46.5 Å². The number of rotatable bonds is 1. The number of fused-ring (bicyclic) bond motifs is 8. The Morgan fingerprint density at radius 3 is 1.62 bits per heavy atom. The molecule has 26 heavy (non-hydrogen) atoms. The molecule has 0 aliphatic carbocycles. The lowest BCUT2D eigenvalue weighted by Gasteiger charge is -2.01. The minimum Gasteiger partial charge on any atom is -0.355 e. The zero-order valence-corrected chi connectivity index (χ0v) is 14.5. The minimum atomic E-state index is 0.897. The molecule has 3 aromatic rings. The van der Waals surface area contributed by atoms with Gasteiger partial charge in [-0.25, -0.2) is 9.97 Å². The first kappa shape index (κ1) is 14.9. The van der Waals surface area contributed by atoms with Crippen LogP contribution in [-0.2, 0) is 6.54 Å². The van der Waals surface area contributed by atoms with Crippen molar-refractivity contribution in [1.29, 1.82) is 0 Å². The van der Waals surface area contributed by atoms with Crippen molar-refractivity contribution in [3.05, 3.63) is 71.3 Å². The lowest BCUT2D eigenvalue weighted by molar-refractivity contribution is 0.825. The molecular weight excluding hydrogens is 320 g/mol. The normalized spacial score (nSPS) is 12.7. The van der Waals surface area contributed by atoms with Crippen molar-refractivity contribution in [3.63, 3.8) is 0 Å². The molecule has 0 amide bonds. The van der Waals surface area contributed by atoms with E-state index in [9.17, 15) is 0 Å². The molecule has 0 saturated carbocycles. The van der Waals surface area contributed by atoms with Crippen LogP contribution in [0.5, 0.6) is 0 Å². The van der Waals surface area contributed by atoms with Crippen LogP contribution in [0.15, 0.2) is 48.5 Å². The molecule has 4 nitrogen and oxygen atoms in total. The predicted octanol–water partition coefficient (Wildman–Crippen LogP) is 5.15. The largest absolute Gasteiger partial charge is 0.355 e. The van der Waals surface area contributed by atoms with E-state index in [-0.39, 0.29) is 0 Å². The Bertz CT molecular complexity index is 1130. The van der Waals surface area contributed by atoms with Crippen molar-refractivity contribution in [2.75, 3.05) is 0 Å². The van der Waals surface area contributed by atoms with Crippen molar-refractivity contribution < 1.29 is 0 Å². The van der Waals surface area contributed by atoms with Crippen LogP contribution < -0.4 is 0 Å². The van der Waals surface area contributed by atoms with Crippen LogP contribution in [0.2, 0.25) is 0 Å². The van der Waals surface area contributed by atoms with E-state index in [2.05, 4.69) is 77.2 Å². The Hall–Kier alpha value is -3.40. The van der Waals surface area contributed by atoms with Crippen LogP contribution in [-0.4, -0.2) is 19.5 Å². The van der Waals surface area contributed by atoms with Crippen molar-refractivity contribution in [3.8, 4) is 0 Å². The molecule has 5 heterocycles. The number of aryl methyl sites for hydroxylation is 1. The van der Waals surface area contributed by atoms with Gasteiger partial charge in [-0.1, -0.05) is 0 Å². The molecule has 5 rings (SSSR count). The third-order valence-corrected chi connectivity index (χ3v) is 4.66. The molecule has 8 bridgehead atoms. The van der Waals surface area contributed by atoms with Crippen molar-refractivity contribution in [1.82, 2.24) is 19.5 Å². The predicted molar refractivity (Wildman–Crippen MR) is 108 cm³/mol. The van der Waals surface area contributed by atoms with E-state index in [1.165, 1.54) is 0 Å². The first-order chi connectivity index (χ1) is 12.8. The number of nitrogens with zero attached hydrogens (tertiary/aromatic N) is 3. The first-order valence-corrected chi connectivity index (χ1v) is 8.82. The van der Waals surface area contributed by atoms with Gasteiger partial charge in [0, 0.05) is 28.6 Å². The van der Waals surface area contributed by atoms with Gasteiger partial charge in [-0.3, -0.25) is 0 Å². The molecule has 0 unspecified atom stereocenters. The maximum atomic E-state index is 4.72. The van der Waals surface area contributed by atoms with Gasteiger partial charge in [-0.15, -0.1) is 0 Å². The van der Waals surface area contributed by atoms with Crippen LogP contribution in [0, 0.1) is 0 Å². The smallest absolute Gasteiger partial charge is 0.0658 e. The summed E-state index contributed by atoms with van der Waals surface area (Å²) in [5, 5.41) is 0. The average Bonchev–Trinajstić information content (AvgIpc) is 3.39. The lowest BCUT2D eigenvalue weighted by Crippen LogP contribution is -1.92. The highest BCUT2D eigenvalue weighted by Gasteiger charge is 2.03. The van der Waals surface area contributed by atoms with Gasteiger partial charge >= 0.3 is 0 Å². The summed E-state index contributed by atoms with van der Waals surface area (Å²) in [5.41, 5.74) is 8.20. The van der Waals surface area contributed by atoms with Crippen LogP contribution in [0.1, 0.15) is 29.7 Å². The molecule has 3 aromatic heterocycles. The second kappa shape index (κ2) is 5.85. The third-order valence-electron chi connectivity index (χ3n) is 4.66. The fourth-order valence-electron chi connectivity index (χ4n) is 3.45. The Morgan fingerprint density at radius 2 is 1.15 bits per heavy atom. The maximum absolute atomic E-state index is 4.72. The fourth-order valence-corrected chi connectivity index (χ4v) is 3.45. The molecule has 2 aliphatic rings. The van der Waals surface area contributed by atoms with Gasteiger partial charge in [0.1, 0.15) is 0 Å².